The van der Waals surface area contributed by atoms with Gasteiger partial charge in [-0.25, -0.2) is 5.01 Å². The number of carbonyl (C=O) groups is 1. The molecule has 140 valence electrons. The van der Waals surface area contributed by atoms with Crippen LogP contribution < -0.4 is 5.32 Å². The lowest BCUT2D eigenvalue weighted by molar-refractivity contribution is -0.115. The Morgan fingerprint density at radius 2 is 2.15 bits per heavy atom. The fraction of sp³-hybridized carbons (Fsp3) is 0.316. The van der Waals surface area contributed by atoms with Crippen LogP contribution in [0.5, 0.6) is 0 Å². The van der Waals surface area contributed by atoms with Crippen molar-refractivity contribution in [1.82, 2.24) is 19.8 Å². The summed E-state index contributed by atoms with van der Waals surface area (Å²) in [6.07, 6.45) is 8.93. The molecule has 0 spiro atoms. The zero-order valence-electron chi connectivity index (χ0n) is 15.9. The summed E-state index contributed by atoms with van der Waals surface area (Å²) < 4.78 is 1.72. The second-order valence-electron chi connectivity index (χ2n) is 6.42. The van der Waals surface area contributed by atoms with E-state index in [1.54, 1.807) is 28.3 Å². The number of aliphatic imine (C=N–C) groups is 1. The number of nitrogens with one attached hydrogen (secondary N) is 1. The molecule has 0 saturated carbocycles. The molecule has 1 amide bonds. The van der Waals surface area contributed by atoms with E-state index in [1.165, 1.54) is 0 Å². The Bertz CT molecular complexity index is 908. The summed E-state index contributed by atoms with van der Waals surface area (Å²) in [7, 11) is 1.86. The lowest BCUT2D eigenvalue weighted by atomic mass is 10.2. The highest BCUT2D eigenvalue weighted by Crippen LogP contribution is 2.18. The third-order valence-electron chi connectivity index (χ3n) is 4.05. The Morgan fingerprint density at radius 3 is 2.78 bits per heavy atom. The molecule has 0 aromatic carbocycles. The lowest BCUT2D eigenvalue weighted by Crippen LogP contribution is -2.29. The third kappa shape index (κ3) is 4.66. The van der Waals surface area contributed by atoms with Crippen molar-refractivity contribution in [3.05, 3.63) is 42.5 Å². The maximum absolute atomic E-state index is 12.1. The molecule has 0 aliphatic carbocycles. The van der Waals surface area contributed by atoms with Crippen molar-refractivity contribution in [3.63, 3.8) is 0 Å². The molecular formula is C19H23N7O. The number of amides is 1. The highest BCUT2D eigenvalue weighted by atomic mass is 16.1. The molecular weight excluding hydrogens is 342 g/mol. The standard InChI is InChI=1S/C19H23N7O/c1-13-9-14(2)26(15(3)23-13)21-8-7-19(27)24-17-5-6-18(20-11-17)16-10-22-25(4)12-16/h5-6,8-12,15H,7H2,1-4H3,(H,24,27)/b21-8-. The van der Waals surface area contributed by atoms with E-state index < -0.39 is 0 Å². The first-order chi connectivity index (χ1) is 12.9. The predicted molar refractivity (Wildman–Crippen MR) is 106 cm³/mol. The number of allylic oxidation sites excluding steroid dienone is 2. The highest BCUT2D eigenvalue weighted by Gasteiger charge is 2.16. The molecule has 2 aromatic heterocycles. The van der Waals surface area contributed by atoms with Crippen molar-refractivity contribution in [2.45, 2.75) is 33.4 Å². The molecule has 8 nitrogen and oxygen atoms in total. The van der Waals surface area contributed by atoms with Gasteiger partial charge in [0.2, 0.25) is 5.91 Å². The molecule has 1 aliphatic heterocycles. The van der Waals surface area contributed by atoms with Gasteiger partial charge in [-0.3, -0.25) is 19.5 Å². The maximum atomic E-state index is 12.1. The first-order valence-electron chi connectivity index (χ1n) is 8.71. The van der Waals surface area contributed by atoms with Crippen LogP contribution in [0.15, 0.2) is 52.6 Å². The Balaban J connectivity index is 1.54. The maximum Gasteiger partial charge on any atom is 0.229 e. The molecule has 1 N–H and O–H groups in total. The molecule has 1 aliphatic rings. The lowest BCUT2D eigenvalue weighted by Gasteiger charge is -2.27. The van der Waals surface area contributed by atoms with E-state index in [0.717, 1.165) is 22.7 Å². The van der Waals surface area contributed by atoms with Gasteiger partial charge in [-0.1, -0.05) is 0 Å². The molecule has 8 heteroatoms. The van der Waals surface area contributed by atoms with E-state index in [4.69, 9.17) is 0 Å². The van der Waals surface area contributed by atoms with Gasteiger partial charge in [0.25, 0.3) is 0 Å². The minimum atomic E-state index is -0.152. The van der Waals surface area contributed by atoms with Gasteiger partial charge in [-0.05, 0) is 39.0 Å². The quantitative estimate of drug-likeness (QED) is 0.825. The number of aromatic nitrogens is 3. The summed E-state index contributed by atoms with van der Waals surface area (Å²) >= 11 is 0. The summed E-state index contributed by atoms with van der Waals surface area (Å²) in [6, 6.07) is 3.67. The first kappa shape index (κ1) is 18.5. The molecule has 0 bridgehead atoms. The van der Waals surface area contributed by atoms with E-state index in [2.05, 4.69) is 25.5 Å². The molecule has 0 saturated heterocycles. The van der Waals surface area contributed by atoms with Gasteiger partial charge in [-0.15, -0.1) is 0 Å². The van der Waals surface area contributed by atoms with Crippen LogP contribution in [-0.2, 0) is 11.8 Å². The third-order valence-corrected chi connectivity index (χ3v) is 4.05. The van der Waals surface area contributed by atoms with Crippen LogP contribution in [0.1, 0.15) is 27.2 Å². The Morgan fingerprint density at radius 1 is 1.33 bits per heavy atom. The topological polar surface area (TPSA) is 87.8 Å². The van der Waals surface area contributed by atoms with Crippen molar-refractivity contribution >= 4 is 23.5 Å². The van der Waals surface area contributed by atoms with Crippen LogP contribution in [-0.4, -0.2) is 43.8 Å². The van der Waals surface area contributed by atoms with Crippen LogP contribution >= 0.6 is 0 Å². The molecule has 1 atom stereocenters. The molecule has 0 fully saturated rings. The second kappa shape index (κ2) is 7.94. The fourth-order valence-corrected chi connectivity index (χ4v) is 2.85. The first-order valence-corrected chi connectivity index (χ1v) is 8.71. The summed E-state index contributed by atoms with van der Waals surface area (Å²) in [5.74, 6) is -0.152. The molecule has 2 aromatic rings. The Hall–Kier alpha value is -3.29. The van der Waals surface area contributed by atoms with Crippen molar-refractivity contribution in [3.8, 4) is 11.3 Å². The number of anilines is 1. The number of hydrogen-bond donors (Lipinski definition) is 1. The van der Waals surface area contributed by atoms with Crippen molar-refractivity contribution in [2.75, 3.05) is 5.32 Å². The molecule has 3 heterocycles. The average Bonchev–Trinajstić information content (AvgIpc) is 3.04. The highest BCUT2D eigenvalue weighted by molar-refractivity contribution is 5.99. The molecule has 27 heavy (non-hydrogen) atoms. The van der Waals surface area contributed by atoms with E-state index in [9.17, 15) is 4.79 Å². The van der Waals surface area contributed by atoms with Gasteiger partial charge >= 0.3 is 0 Å². The van der Waals surface area contributed by atoms with E-state index in [0.29, 0.717) is 5.69 Å². The van der Waals surface area contributed by atoms with Gasteiger partial charge < -0.3 is 5.32 Å². The summed E-state index contributed by atoms with van der Waals surface area (Å²) in [5.41, 5.74) is 4.36. The fourth-order valence-electron chi connectivity index (χ4n) is 2.85. The number of nitrogens with zero attached hydrogens (tertiary/aromatic N) is 6. The minimum Gasteiger partial charge on any atom is -0.324 e. The van der Waals surface area contributed by atoms with Gasteiger partial charge in [0.1, 0.15) is 6.17 Å². The summed E-state index contributed by atoms with van der Waals surface area (Å²) in [5, 5.41) is 13.1. The number of pyridine rings is 1. The zero-order chi connectivity index (χ0) is 19.4. The van der Waals surface area contributed by atoms with Crippen molar-refractivity contribution in [1.29, 1.82) is 0 Å². The second-order valence-corrected chi connectivity index (χ2v) is 6.42. The number of hydrazone groups is 1. The SMILES string of the molecule is CC1=CC(C)=NC(C)N1/N=C\CC(=O)Nc1ccc(-c2cnn(C)c2)nc1. The van der Waals surface area contributed by atoms with E-state index >= 15 is 0 Å². The summed E-state index contributed by atoms with van der Waals surface area (Å²) in [4.78, 5) is 20.9. The van der Waals surface area contributed by atoms with Crippen LogP contribution in [0.2, 0.25) is 0 Å². The van der Waals surface area contributed by atoms with Gasteiger partial charge in [0.05, 0.1) is 30.2 Å². The number of aryl methyl sites for hydroxylation is 1. The van der Waals surface area contributed by atoms with Crippen molar-refractivity contribution < 1.29 is 4.79 Å². The van der Waals surface area contributed by atoms with Gasteiger partial charge in [0, 0.05) is 36.4 Å². The largest absolute Gasteiger partial charge is 0.324 e. The average molecular weight is 365 g/mol. The normalized spacial score (nSPS) is 17.0. The van der Waals surface area contributed by atoms with Crippen LogP contribution in [0.3, 0.4) is 0 Å². The monoisotopic (exact) mass is 365 g/mol. The molecule has 1 unspecified atom stereocenters. The van der Waals surface area contributed by atoms with E-state index in [-0.39, 0.29) is 18.5 Å². The number of hydrogen-bond acceptors (Lipinski definition) is 6. The van der Waals surface area contributed by atoms with Crippen LogP contribution in [0.4, 0.5) is 5.69 Å². The van der Waals surface area contributed by atoms with Crippen LogP contribution in [0.25, 0.3) is 11.3 Å². The Labute approximate surface area is 158 Å². The van der Waals surface area contributed by atoms with Gasteiger partial charge in [0.15, 0.2) is 0 Å². The van der Waals surface area contributed by atoms with Crippen LogP contribution in [0, 0.1) is 0 Å². The number of carbonyl (C=O) groups excluding carboxylic acids is 1. The predicted octanol–water partition coefficient (Wildman–Crippen LogP) is 2.82. The summed E-state index contributed by atoms with van der Waals surface area (Å²) in [6.45, 7) is 5.90. The van der Waals surface area contributed by atoms with Gasteiger partial charge in [-0.2, -0.15) is 10.2 Å². The molecule has 0 radical (unpaired) electrons. The van der Waals surface area contributed by atoms with Crippen molar-refractivity contribution in [2.24, 2.45) is 17.1 Å². The zero-order valence-corrected chi connectivity index (χ0v) is 15.9. The number of rotatable bonds is 5. The Kier molecular flexibility index (Phi) is 5.44. The molecule has 3 rings (SSSR count). The minimum absolute atomic E-state index is 0.0708. The smallest absolute Gasteiger partial charge is 0.229 e. The van der Waals surface area contributed by atoms with E-state index in [1.807, 2.05) is 52.2 Å².